The number of alkyl halides is 2. The topological polar surface area (TPSA) is 33.3 Å². The Morgan fingerprint density at radius 3 is 2.50 bits per heavy atom. The first-order chi connectivity index (χ1) is 10.5. The molecule has 2 rings (SSSR count). The van der Waals surface area contributed by atoms with Gasteiger partial charge in [0.1, 0.15) is 5.75 Å². The normalized spacial score (nSPS) is 10.4. The smallest absolute Gasteiger partial charge is 0.387 e. The average Bonchev–Trinajstić information content (AvgIpc) is 2.48. The van der Waals surface area contributed by atoms with Crippen molar-refractivity contribution in [3.63, 3.8) is 0 Å². The molecule has 0 fully saturated rings. The third kappa shape index (κ3) is 5.13. The summed E-state index contributed by atoms with van der Waals surface area (Å²) in [6.45, 7) is -2.59. The minimum absolute atomic E-state index is 0.124. The Balaban J connectivity index is 1.92. The Bertz CT molecular complexity index is 638. The van der Waals surface area contributed by atoms with E-state index < -0.39 is 6.61 Å². The highest BCUT2D eigenvalue weighted by Gasteiger charge is 2.09. The van der Waals surface area contributed by atoms with Gasteiger partial charge in [-0.1, -0.05) is 29.8 Å². The second kappa shape index (κ2) is 7.91. The fraction of sp³-hybridized carbons (Fsp3) is 0.133. The van der Waals surface area contributed by atoms with E-state index in [1.165, 1.54) is 6.07 Å². The van der Waals surface area contributed by atoms with E-state index in [2.05, 4.69) is 15.4 Å². The zero-order valence-electron chi connectivity index (χ0n) is 11.4. The average molecular weight is 343 g/mol. The monoisotopic (exact) mass is 342 g/mol. The SMILES string of the molecule is FC(F)Oc1ccccc1CNC(=S)Nc1ccc(Cl)cc1. The quantitative estimate of drug-likeness (QED) is 0.788. The molecule has 0 spiro atoms. The Kier molecular flexibility index (Phi) is 5.91. The Hall–Kier alpha value is -1.92. The van der Waals surface area contributed by atoms with E-state index in [4.69, 9.17) is 23.8 Å². The number of para-hydroxylation sites is 1. The van der Waals surface area contributed by atoms with Gasteiger partial charge in [-0.05, 0) is 42.5 Å². The molecule has 3 nitrogen and oxygen atoms in total. The van der Waals surface area contributed by atoms with Gasteiger partial charge >= 0.3 is 6.61 Å². The van der Waals surface area contributed by atoms with Crippen molar-refractivity contribution in [1.82, 2.24) is 5.32 Å². The number of hydrogen-bond donors (Lipinski definition) is 2. The third-order valence-corrected chi connectivity index (χ3v) is 3.23. The van der Waals surface area contributed by atoms with Crippen LogP contribution in [0.4, 0.5) is 14.5 Å². The third-order valence-electron chi connectivity index (χ3n) is 2.73. The van der Waals surface area contributed by atoms with Crippen LogP contribution < -0.4 is 15.4 Å². The van der Waals surface area contributed by atoms with Gasteiger partial charge in [0.05, 0.1) is 0 Å². The molecule has 0 aliphatic heterocycles. The molecular formula is C15H13ClF2N2OS. The number of rotatable bonds is 5. The number of benzene rings is 2. The standard InChI is InChI=1S/C15H13ClF2N2OS/c16-11-5-7-12(8-6-11)20-15(22)19-9-10-3-1-2-4-13(10)21-14(17)18/h1-8,14H,9H2,(H2,19,20,22). The van der Waals surface area contributed by atoms with E-state index in [1.807, 2.05) is 0 Å². The maximum absolute atomic E-state index is 12.3. The molecule has 22 heavy (non-hydrogen) atoms. The predicted octanol–water partition coefficient (Wildman–Crippen LogP) is 4.43. The van der Waals surface area contributed by atoms with Gasteiger partial charge in [-0.2, -0.15) is 8.78 Å². The molecule has 0 atom stereocenters. The summed E-state index contributed by atoms with van der Waals surface area (Å²) < 4.78 is 29.1. The Morgan fingerprint density at radius 1 is 1.14 bits per heavy atom. The zero-order chi connectivity index (χ0) is 15.9. The number of thiocarbonyl (C=S) groups is 1. The molecule has 0 bridgehead atoms. The molecular weight excluding hydrogens is 330 g/mol. The molecule has 0 heterocycles. The van der Waals surface area contributed by atoms with E-state index in [-0.39, 0.29) is 12.3 Å². The van der Waals surface area contributed by atoms with Gasteiger partial charge in [0.15, 0.2) is 5.11 Å². The largest absolute Gasteiger partial charge is 0.434 e. The van der Waals surface area contributed by atoms with Crippen LogP contribution in [0, 0.1) is 0 Å². The summed E-state index contributed by atoms with van der Waals surface area (Å²) >= 11 is 11.0. The van der Waals surface area contributed by atoms with Gasteiger partial charge in [-0.3, -0.25) is 0 Å². The van der Waals surface area contributed by atoms with E-state index in [1.54, 1.807) is 42.5 Å². The molecule has 0 radical (unpaired) electrons. The molecule has 2 N–H and O–H groups in total. The highest BCUT2D eigenvalue weighted by atomic mass is 35.5. The second-order valence-corrected chi connectivity index (χ2v) is 5.15. The first-order valence-corrected chi connectivity index (χ1v) is 7.16. The second-order valence-electron chi connectivity index (χ2n) is 4.30. The van der Waals surface area contributed by atoms with Crippen molar-refractivity contribution in [1.29, 1.82) is 0 Å². The van der Waals surface area contributed by atoms with Crippen molar-refractivity contribution < 1.29 is 13.5 Å². The molecule has 0 saturated heterocycles. The summed E-state index contributed by atoms with van der Waals surface area (Å²) in [5.41, 5.74) is 1.36. The maximum Gasteiger partial charge on any atom is 0.387 e. The summed E-state index contributed by atoms with van der Waals surface area (Å²) in [4.78, 5) is 0. The lowest BCUT2D eigenvalue weighted by Gasteiger charge is -2.13. The van der Waals surface area contributed by atoms with Gasteiger partial charge in [0, 0.05) is 22.8 Å². The van der Waals surface area contributed by atoms with Crippen LogP contribution in [-0.2, 0) is 6.54 Å². The molecule has 0 aliphatic carbocycles. The molecule has 116 valence electrons. The number of nitrogens with one attached hydrogen (secondary N) is 2. The number of anilines is 1. The number of hydrogen-bond acceptors (Lipinski definition) is 2. The number of ether oxygens (including phenoxy) is 1. The molecule has 2 aromatic carbocycles. The van der Waals surface area contributed by atoms with Crippen molar-refractivity contribution in [3.05, 3.63) is 59.1 Å². The predicted molar refractivity (Wildman–Crippen MR) is 87.6 cm³/mol. The highest BCUT2D eigenvalue weighted by molar-refractivity contribution is 7.80. The molecule has 2 aromatic rings. The molecule has 0 aromatic heterocycles. The summed E-state index contributed by atoms with van der Waals surface area (Å²) in [5.74, 6) is 0.124. The van der Waals surface area contributed by atoms with Crippen LogP contribution in [0.5, 0.6) is 5.75 Å². The summed E-state index contributed by atoms with van der Waals surface area (Å²) in [6, 6.07) is 13.6. The van der Waals surface area contributed by atoms with Crippen LogP contribution in [0.15, 0.2) is 48.5 Å². The van der Waals surface area contributed by atoms with Crippen molar-refractivity contribution in [3.8, 4) is 5.75 Å². The lowest BCUT2D eigenvalue weighted by atomic mass is 10.2. The van der Waals surface area contributed by atoms with E-state index >= 15 is 0 Å². The van der Waals surface area contributed by atoms with Crippen LogP contribution in [0.2, 0.25) is 5.02 Å². The van der Waals surface area contributed by atoms with Crippen molar-refractivity contribution >= 4 is 34.6 Å². The molecule has 0 amide bonds. The van der Waals surface area contributed by atoms with Gasteiger partial charge < -0.3 is 15.4 Å². The van der Waals surface area contributed by atoms with Crippen LogP contribution in [0.3, 0.4) is 0 Å². The van der Waals surface area contributed by atoms with Gasteiger partial charge in [0.25, 0.3) is 0 Å². The molecule has 0 unspecified atom stereocenters. The van der Waals surface area contributed by atoms with E-state index in [0.29, 0.717) is 15.7 Å². The summed E-state index contributed by atoms with van der Waals surface area (Å²) in [7, 11) is 0. The molecule has 7 heteroatoms. The minimum atomic E-state index is -2.86. The fourth-order valence-electron chi connectivity index (χ4n) is 1.74. The highest BCUT2D eigenvalue weighted by Crippen LogP contribution is 2.20. The lowest BCUT2D eigenvalue weighted by Crippen LogP contribution is -2.28. The first-order valence-electron chi connectivity index (χ1n) is 6.38. The van der Waals surface area contributed by atoms with Gasteiger partial charge in [-0.15, -0.1) is 0 Å². The zero-order valence-corrected chi connectivity index (χ0v) is 12.9. The molecule has 0 aliphatic rings. The van der Waals surface area contributed by atoms with E-state index in [0.717, 1.165) is 5.69 Å². The first kappa shape index (κ1) is 16.5. The summed E-state index contributed by atoms with van der Waals surface area (Å²) in [6.07, 6.45) is 0. The maximum atomic E-state index is 12.3. The lowest BCUT2D eigenvalue weighted by molar-refractivity contribution is -0.0504. The van der Waals surface area contributed by atoms with Gasteiger partial charge in [-0.25, -0.2) is 0 Å². The Labute approximate surface area is 137 Å². The van der Waals surface area contributed by atoms with Gasteiger partial charge in [0.2, 0.25) is 0 Å². The van der Waals surface area contributed by atoms with Crippen molar-refractivity contribution in [2.75, 3.05) is 5.32 Å². The minimum Gasteiger partial charge on any atom is -0.434 e. The van der Waals surface area contributed by atoms with Crippen molar-refractivity contribution in [2.45, 2.75) is 13.2 Å². The number of halogens is 3. The fourth-order valence-corrected chi connectivity index (χ4v) is 2.06. The summed E-state index contributed by atoms with van der Waals surface area (Å²) in [5, 5.41) is 6.91. The van der Waals surface area contributed by atoms with Crippen LogP contribution in [0.1, 0.15) is 5.56 Å². The molecule has 0 saturated carbocycles. The Morgan fingerprint density at radius 2 is 1.82 bits per heavy atom. The van der Waals surface area contributed by atoms with Crippen molar-refractivity contribution in [2.24, 2.45) is 0 Å². The van der Waals surface area contributed by atoms with Crippen LogP contribution >= 0.6 is 23.8 Å². The van der Waals surface area contributed by atoms with E-state index in [9.17, 15) is 8.78 Å². The van der Waals surface area contributed by atoms with Crippen LogP contribution in [0.25, 0.3) is 0 Å². The van der Waals surface area contributed by atoms with Crippen LogP contribution in [-0.4, -0.2) is 11.7 Å².